The molecule has 5 heteroatoms. The summed E-state index contributed by atoms with van der Waals surface area (Å²) in [5, 5.41) is 19.9. The topological polar surface area (TPSA) is 57.8 Å². The molecule has 1 aromatic carbocycles. The Balaban J connectivity index is 2.26. The van der Waals surface area contributed by atoms with Crippen molar-refractivity contribution < 1.29 is 5.11 Å². The molecule has 0 saturated carbocycles. The van der Waals surface area contributed by atoms with Gasteiger partial charge in [-0.3, -0.25) is 0 Å². The second-order valence-corrected chi connectivity index (χ2v) is 4.06. The van der Waals surface area contributed by atoms with E-state index in [0.717, 1.165) is 12.0 Å². The molecule has 0 aliphatic rings. The van der Waals surface area contributed by atoms with Gasteiger partial charge < -0.3 is 5.11 Å². The summed E-state index contributed by atoms with van der Waals surface area (Å²) in [7, 11) is 0. The molecule has 0 fully saturated rings. The van der Waals surface area contributed by atoms with Crippen LogP contribution in [0.15, 0.2) is 40.0 Å². The fourth-order valence-electron chi connectivity index (χ4n) is 1.23. The van der Waals surface area contributed by atoms with Crippen molar-refractivity contribution in [3.05, 3.63) is 35.3 Å². The maximum absolute atomic E-state index is 9.59. The third-order valence-corrected chi connectivity index (χ3v) is 2.77. The van der Waals surface area contributed by atoms with Gasteiger partial charge in [0, 0.05) is 11.6 Å². The standard InChI is InChI=1S/C11H11N3OS/c1-2-8-3-4-10(15)9(7-8)13-14-11-12-5-6-16-11/h3-7,15H,2H2,1H3/b14-13+. The number of phenols is 1. The summed E-state index contributed by atoms with van der Waals surface area (Å²) in [5.41, 5.74) is 1.60. The molecule has 0 saturated heterocycles. The number of thiazole rings is 1. The number of aryl methyl sites for hydroxylation is 1. The largest absolute Gasteiger partial charge is 0.506 e. The van der Waals surface area contributed by atoms with Crippen molar-refractivity contribution in [1.29, 1.82) is 0 Å². The first-order valence-electron chi connectivity index (χ1n) is 4.92. The minimum Gasteiger partial charge on any atom is -0.506 e. The predicted molar refractivity (Wildman–Crippen MR) is 63.8 cm³/mol. The zero-order valence-corrected chi connectivity index (χ0v) is 9.61. The molecule has 82 valence electrons. The molecular formula is C11H11N3OS. The molecule has 1 heterocycles. The summed E-state index contributed by atoms with van der Waals surface area (Å²) in [6, 6.07) is 5.33. The average Bonchev–Trinajstić information content (AvgIpc) is 2.81. The molecule has 1 aromatic heterocycles. The number of hydrogen-bond donors (Lipinski definition) is 1. The van der Waals surface area contributed by atoms with E-state index < -0.39 is 0 Å². The Bertz CT molecular complexity index is 494. The maximum atomic E-state index is 9.59. The number of azo groups is 1. The Morgan fingerprint density at radius 3 is 2.94 bits per heavy atom. The number of nitrogens with zero attached hydrogens (tertiary/aromatic N) is 3. The molecule has 0 aliphatic carbocycles. The Hall–Kier alpha value is -1.75. The van der Waals surface area contributed by atoms with E-state index in [1.54, 1.807) is 12.3 Å². The normalized spacial score (nSPS) is 11.1. The third-order valence-electron chi connectivity index (χ3n) is 2.11. The number of rotatable bonds is 3. The van der Waals surface area contributed by atoms with Gasteiger partial charge in [0.1, 0.15) is 11.4 Å². The van der Waals surface area contributed by atoms with Crippen molar-refractivity contribution >= 4 is 22.2 Å². The van der Waals surface area contributed by atoms with Gasteiger partial charge in [0.15, 0.2) is 0 Å². The van der Waals surface area contributed by atoms with E-state index in [4.69, 9.17) is 0 Å². The average molecular weight is 233 g/mol. The van der Waals surface area contributed by atoms with Crippen LogP contribution in [0.1, 0.15) is 12.5 Å². The summed E-state index contributed by atoms with van der Waals surface area (Å²) < 4.78 is 0. The highest BCUT2D eigenvalue weighted by molar-refractivity contribution is 7.13. The number of aromatic hydroxyl groups is 1. The fraction of sp³-hybridized carbons (Fsp3) is 0.182. The zero-order valence-electron chi connectivity index (χ0n) is 8.79. The molecule has 0 unspecified atom stereocenters. The monoisotopic (exact) mass is 233 g/mol. The fourth-order valence-corrected chi connectivity index (χ4v) is 1.68. The number of benzene rings is 1. The van der Waals surface area contributed by atoms with Crippen LogP contribution in [-0.2, 0) is 6.42 Å². The van der Waals surface area contributed by atoms with Crippen LogP contribution < -0.4 is 0 Å². The van der Waals surface area contributed by atoms with E-state index in [-0.39, 0.29) is 5.75 Å². The van der Waals surface area contributed by atoms with E-state index in [1.807, 2.05) is 24.4 Å². The van der Waals surface area contributed by atoms with Crippen LogP contribution in [0.2, 0.25) is 0 Å². The number of aromatic nitrogens is 1. The van der Waals surface area contributed by atoms with Crippen molar-refractivity contribution in [1.82, 2.24) is 4.98 Å². The Kier molecular flexibility index (Phi) is 3.26. The Morgan fingerprint density at radius 1 is 1.38 bits per heavy atom. The van der Waals surface area contributed by atoms with Crippen LogP contribution in [0.4, 0.5) is 10.8 Å². The molecule has 0 radical (unpaired) electrons. The molecule has 4 nitrogen and oxygen atoms in total. The van der Waals surface area contributed by atoms with Gasteiger partial charge in [0.25, 0.3) is 0 Å². The zero-order chi connectivity index (χ0) is 11.4. The van der Waals surface area contributed by atoms with Crippen molar-refractivity contribution in [3.8, 4) is 5.75 Å². The summed E-state index contributed by atoms with van der Waals surface area (Å²) in [6.07, 6.45) is 2.57. The molecule has 0 amide bonds. The summed E-state index contributed by atoms with van der Waals surface area (Å²) >= 11 is 1.40. The van der Waals surface area contributed by atoms with Gasteiger partial charge in [0.2, 0.25) is 5.13 Å². The van der Waals surface area contributed by atoms with Crippen molar-refractivity contribution in [2.75, 3.05) is 0 Å². The third kappa shape index (κ3) is 2.43. The van der Waals surface area contributed by atoms with Gasteiger partial charge >= 0.3 is 0 Å². The van der Waals surface area contributed by atoms with Gasteiger partial charge in [0.05, 0.1) is 0 Å². The lowest BCUT2D eigenvalue weighted by Gasteiger charge is -2.00. The molecule has 1 N–H and O–H groups in total. The molecule has 2 rings (SSSR count). The lowest BCUT2D eigenvalue weighted by Crippen LogP contribution is -1.78. The van der Waals surface area contributed by atoms with Gasteiger partial charge in [-0.25, -0.2) is 4.98 Å². The number of hydrogen-bond acceptors (Lipinski definition) is 5. The minimum atomic E-state index is 0.137. The van der Waals surface area contributed by atoms with Gasteiger partial charge in [-0.1, -0.05) is 13.0 Å². The van der Waals surface area contributed by atoms with Crippen LogP contribution in [-0.4, -0.2) is 10.1 Å². The number of phenolic OH excluding ortho intramolecular Hbond substituents is 1. The molecule has 0 aliphatic heterocycles. The molecule has 16 heavy (non-hydrogen) atoms. The molecule has 0 bridgehead atoms. The second-order valence-electron chi connectivity index (χ2n) is 3.19. The lowest BCUT2D eigenvalue weighted by atomic mass is 10.1. The first-order valence-corrected chi connectivity index (χ1v) is 5.80. The van der Waals surface area contributed by atoms with Gasteiger partial charge in [-0.15, -0.1) is 21.6 Å². The smallest absolute Gasteiger partial charge is 0.229 e. The van der Waals surface area contributed by atoms with Gasteiger partial charge in [-0.05, 0) is 24.1 Å². The van der Waals surface area contributed by atoms with Crippen LogP contribution >= 0.6 is 11.3 Å². The highest BCUT2D eigenvalue weighted by Gasteiger charge is 2.01. The SMILES string of the molecule is CCc1ccc(O)c(/N=N/c2nccs2)c1. The van der Waals surface area contributed by atoms with E-state index in [0.29, 0.717) is 10.8 Å². The quantitative estimate of drug-likeness (QED) is 0.819. The van der Waals surface area contributed by atoms with E-state index in [1.165, 1.54) is 11.3 Å². The van der Waals surface area contributed by atoms with Crippen molar-refractivity contribution in [3.63, 3.8) is 0 Å². The summed E-state index contributed by atoms with van der Waals surface area (Å²) in [5.74, 6) is 0.137. The summed E-state index contributed by atoms with van der Waals surface area (Å²) in [6.45, 7) is 2.05. The van der Waals surface area contributed by atoms with Crippen LogP contribution in [0.5, 0.6) is 5.75 Å². The van der Waals surface area contributed by atoms with Crippen molar-refractivity contribution in [2.24, 2.45) is 10.2 Å². The Labute approximate surface area is 97.3 Å². The van der Waals surface area contributed by atoms with Crippen LogP contribution in [0.25, 0.3) is 0 Å². The first-order chi connectivity index (χ1) is 7.79. The first kappa shape index (κ1) is 10.8. The highest BCUT2D eigenvalue weighted by Crippen LogP contribution is 2.29. The minimum absolute atomic E-state index is 0.137. The molecule has 0 spiro atoms. The van der Waals surface area contributed by atoms with Gasteiger partial charge in [-0.2, -0.15) is 0 Å². The second kappa shape index (κ2) is 4.85. The predicted octanol–water partition coefficient (Wildman–Crippen LogP) is 3.83. The Morgan fingerprint density at radius 2 is 2.25 bits per heavy atom. The molecule has 2 aromatic rings. The summed E-state index contributed by atoms with van der Waals surface area (Å²) in [4.78, 5) is 3.98. The van der Waals surface area contributed by atoms with E-state index >= 15 is 0 Å². The van der Waals surface area contributed by atoms with E-state index in [2.05, 4.69) is 15.2 Å². The lowest BCUT2D eigenvalue weighted by molar-refractivity contribution is 0.476. The maximum Gasteiger partial charge on any atom is 0.229 e. The van der Waals surface area contributed by atoms with Crippen molar-refractivity contribution in [2.45, 2.75) is 13.3 Å². The highest BCUT2D eigenvalue weighted by atomic mass is 32.1. The van der Waals surface area contributed by atoms with Crippen LogP contribution in [0.3, 0.4) is 0 Å². The van der Waals surface area contributed by atoms with E-state index in [9.17, 15) is 5.11 Å². The molecule has 0 atom stereocenters. The molecular weight excluding hydrogens is 222 g/mol. The van der Waals surface area contributed by atoms with Crippen LogP contribution in [0, 0.1) is 0 Å².